The molecule has 0 aromatic heterocycles. The van der Waals surface area contributed by atoms with Gasteiger partial charge in [0.15, 0.2) is 0 Å². The molecule has 2 N–H and O–H groups in total. The lowest BCUT2D eigenvalue weighted by atomic mass is 10.1. The maximum Gasteiger partial charge on any atom is 0.223 e. The molecule has 3 rings (SSSR count). The first-order valence-corrected chi connectivity index (χ1v) is 9.65. The molecule has 2 aromatic carbocycles. The number of hydrogen-bond donors (Lipinski definition) is 2. The zero-order chi connectivity index (χ0) is 18.9. The Hall–Kier alpha value is -2.37. The summed E-state index contributed by atoms with van der Waals surface area (Å²) in [7, 11) is 0. The monoisotopic (exact) mass is 369 g/mol. The van der Waals surface area contributed by atoms with Crippen LogP contribution in [0, 0.1) is 6.92 Å². The molecule has 5 heteroatoms. The Labute approximate surface area is 161 Å². The van der Waals surface area contributed by atoms with E-state index in [2.05, 4.69) is 23.5 Å². The summed E-state index contributed by atoms with van der Waals surface area (Å²) in [4.78, 5) is 13.7. The van der Waals surface area contributed by atoms with Gasteiger partial charge in [0.2, 0.25) is 5.91 Å². The molecule has 0 unspecified atom stereocenters. The van der Waals surface area contributed by atoms with Gasteiger partial charge in [-0.25, -0.2) is 0 Å². The van der Waals surface area contributed by atoms with Crippen molar-refractivity contribution in [1.82, 2.24) is 5.32 Å². The standard InChI is InChI=1S/C22H28N2O3/c1-18-5-4-8-21(15-18)27-12-9-22(25)23-16-19-6-2-3-7-20(19)17-24-10-13-26-14-11-24/h2-8,15H,9-14,16-17H2,1H3,(H,23,25)/p+1. The molecular weight excluding hydrogens is 340 g/mol. The zero-order valence-corrected chi connectivity index (χ0v) is 16.0. The van der Waals surface area contributed by atoms with Gasteiger partial charge in [-0.1, -0.05) is 36.4 Å². The number of benzene rings is 2. The predicted molar refractivity (Wildman–Crippen MR) is 105 cm³/mol. The summed E-state index contributed by atoms with van der Waals surface area (Å²) in [6.45, 7) is 7.68. The van der Waals surface area contributed by atoms with Crippen molar-refractivity contribution in [2.45, 2.75) is 26.4 Å². The van der Waals surface area contributed by atoms with Gasteiger partial charge in [-0.3, -0.25) is 4.79 Å². The molecule has 1 heterocycles. The first kappa shape index (κ1) is 19.4. The molecule has 0 atom stereocenters. The highest BCUT2D eigenvalue weighted by atomic mass is 16.5. The molecule has 0 spiro atoms. The number of rotatable bonds is 8. The molecule has 1 aliphatic heterocycles. The second-order valence-corrected chi connectivity index (χ2v) is 7.00. The van der Waals surface area contributed by atoms with Crippen molar-refractivity contribution in [3.63, 3.8) is 0 Å². The normalized spacial score (nSPS) is 14.7. The van der Waals surface area contributed by atoms with Gasteiger partial charge in [0, 0.05) is 12.1 Å². The summed E-state index contributed by atoms with van der Waals surface area (Å²) < 4.78 is 11.1. The van der Waals surface area contributed by atoms with E-state index < -0.39 is 0 Å². The fraction of sp³-hybridized carbons (Fsp3) is 0.409. The summed E-state index contributed by atoms with van der Waals surface area (Å²) >= 11 is 0. The summed E-state index contributed by atoms with van der Waals surface area (Å²) in [5, 5.41) is 3.02. The highest BCUT2D eigenvalue weighted by Crippen LogP contribution is 2.12. The number of amides is 1. The molecule has 2 aromatic rings. The van der Waals surface area contributed by atoms with Crippen molar-refractivity contribution >= 4 is 5.91 Å². The van der Waals surface area contributed by atoms with Gasteiger partial charge in [0.1, 0.15) is 25.4 Å². The van der Waals surface area contributed by atoms with E-state index in [0.717, 1.165) is 44.2 Å². The van der Waals surface area contributed by atoms with Gasteiger partial charge >= 0.3 is 0 Å². The zero-order valence-electron chi connectivity index (χ0n) is 16.0. The van der Waals surface area contributed by atoms with E-state index in [9.17, 15) is 4.79 Å². The van der Waals surface area contributed by atoms with Crippen LogP contribution in [0.2, 0.25) is 0 Å². The predicted octanol–water partition coefficient (Wildman–Crippen LogP) is 1.50. The molecule has 0 bridgehead atoms. The van der Waals surface area contributed by atoms with Crippen molar-refractivity contribution in [2.24, 2.45) is 0 Å². The molecule has 0 saturated carbocycles. The Bertz CT molecular complexity index is 742. The number of quaternary nitrogens is 1. The molecule has 1 amide bonds. The van der Waals surface area contributed by atoms with Crippen molar-refractivity contribution in [1.29, 1.82) is 0 Å². The second-order valence-electron chi connectivity index (χ2n) is 7.00. The lowest BCUT2D eigenvalue weighted by Gasteiger charge is -2.24. The lowest BCUT2D eigenvalue weighted by Crippen LogP contribution is -3.12. The van der Waals surface area contributed by atoms with E-state index in [1.54, 1.807) is 0 Å². The fourth-order valence-electron chi connectivity index (χ4n) is 3.26. The Kier molecular flexibility index (Phi) is 7.25. The summed E-state index contributed by atoms with van der Waals surface area (Å²) in [6.07, 6.45) is 0.352. The summed E-state index contributed by atoms with van der Waals surface area (Å²) in [6, 6.07) is 16.2. The van der Waals surface area contributed by atoms with Gasteiger partial charge in [0.05, 0.1) is 26.2 Å². The topological polar surface area (TPSA) is 52.0 Å². The van der Waals surface area contributed by atoms with E-state index in [-0.39, 0.29) is 5.91 Å². The van der Waals surface area contributed by atoms with Crippen LogP contribution in [0.15, 0.2) is 48.5 Å². The molecule has 144 valence electrons. The van der Waals surface area contributed by atoms with E-state index >= 15 is 0 Å². The van der Waals surface area contributed by atoms with E-state index in [1.165, 1.54) is 16.0 Å². The minimum Gasteiger partial charge on any atom is -0.493 e. The number of aryl methyl sites for hydroxylation is 1. The third kappa shape index (κ3) is 6.38. The number of ether oxygens (including phenoxy) is 2. The Balaban J connectivity index is 1.44. The maximum atomic E-state index is 12.2. The van der Waals surface area contributed by atoms with Gasteiger partial charge in [-0.15, -0.1) is 0 Å². The highest BCUT2D eigenvalue weighted by Gasteiger charge is 2.16. The Morgan fingerprint density at radius 3 is 2.67 bits per heavy atom. The maximum absolute atomic E-state index is 12.2. The molecular formula is C22H29N2O3+. The average molecular weight is 369 g/mol. The third-order valence-electron chi connectivity index (χ3n) is 4.82. The molecule has 0 aliphatic carbocycles. The number of carbonyl (C=O) groups excluding carboxylic acids is 1. The fourth-order valence-corrected chi connectivity index (χ4v) is 3.26. The van der Waals surface area contributed by atoms with Crippen LogP contribution in [-0.2, 0) is 22.6 Å². The van der Waals surface area contributed by atoms with E-state index in [4.69, 9.17) is 9.47 Å². The Morgan fingerprint density at radius 1 is 1.11 bits per heavy atom. The van der Waals surface area contributed by atoms with Crippen LogP contribution in [0.3, 0.4) is 0 Å². The Morgan fingerprint density at radius 2 is 1.89 bits per heavy atom. The SMILES string of the molecule is Cc1cccc(OCCC(=O)NCc2ccccc2C[NH+]2CCOCC2)c1. The second kappa shape index (κ2) is 10.1. The van der Waals surface area contributed by atoms with Crippen LogP contribution in [0.4, 0.5) is 0 Å². The smallest absolute Gasteiger partial charge is 0.223 e. The van der Waals surface area contributed by atoms with Crippen LogP contribution in [0.25, 0.3) is 0 Å². The molecule has 0 radical (unpaired) electrons. The highest BCUT2D eigenvalue weighted by molar-refractivity contribution is 5.76. The first-order valence-electron chi connectivity index (χ1n) is 9.65. The van der Waals surface area contributed by atoms with Gasteiger partial charge in [0.25, 0.3) is 0 Å². The van der Waals surface area contributed by atoms with Gasteiger partial charge < -0.3 is 19.7 Å². The molecule has 1 aliphatic rings. The summed E-state index contributed by atoms with van der Waals surface area (Å²) in [5.41, 5.74) is 3.63. The minimum atomic E-state index is 0.0103. The van der Waals surface area contributed by atoms with Crippen molar-refractivity contribution in [3.05, 3.63) is 65.2 Å². The van der Waals surface area contributed by atoms with Crippen LogP contribution in [0.1, 0.15) is 23.1 Å². The number of morpholine rings is 1. The van der Waals surface area contributed by atoms with Crippen LogP contribution < -0.4 is 15.0 Å². The summed E-state index contributed by atoms with van der Waals surface area (Å²) in [5.74, 6) is 0.817. The average Bonchev–Trinajstić information content (AvgIpc) is 2.68. The minimum absolute atomic E-state index is 0.0103. The number of hydrogen-bond acceptors (Lipinski definition) is 3. The lowest BCUT2D eigenvalue weighted by molar-refractivity contribution is -0.921. The molecule has 5 nitrogen and oxygen atoms in total. The van der Waals surface area contributed by atoms with Gasteiger partial charge in [-0.2, -0.15) is 0 Å². The van der Waals surface area contributed by atoms with Crippen LogP contribution in [-0.4, -0.2) is 38.8 Å². The van der Waals surface area contributed by atoms with E-state index in [0.29, 0.717) is 19.6 Å². The quantitative estimate of drug-likeness (QED) is 0.741. The largest absolute Gasteiger partial charge is 0.493 e. The first-order chi connectivity index (χ1) is 13.2. The van der Waals surface area contributed by atoms with Crippen LogP contribution in [0.5, 0.6) is 5.75 Å². The van der Waals surface area contributed by atoms with Gasteiger partial charge in [-0.05, 0) is 30.2 Å². The molecule has 1 fully saturated rings. The van der Waals surface area contributed by atoms with Crippen molar-refractivity contribution in [2.75, 3.05) is 32.9 Å². The number of nitrogens with one attached hydrogen (secondary N) is 2. The van der Waals surface area contributed by atoms with Crippen molar-refractivity contribution < 1.29 is 19.2 Å². The van der Waals surface area contributed by atoms with Crippen molar-refractivity contribution in [3.8, 4) is 5.75 Å². The van der Waals surface area contributed by atoms with E-state index in [1.807, 2.05) is 37.3 Å². The third-order valence-corrected chi connectivity index (χ3v) is 4.82. The molecule has 1 saturated heterocycles. The van der Waals surface area contributed by atoms with Crippen LogP contribution >= 0.6 is 0 Å². The molecule has 27 heavy (non-hydrogen) atoms. The number of carbonyl (C=O) groups is 1.